The van der Waals surface area contributed by atoms with E-state index in [0.717, 1.165) is 13.0 Å². The first kappa shape index (κ1) is 17.2. The van der Waals surface area contributed by atoms with Crippen molar-refractivity contribution in [3.8, 4) is 0 Å². The Morgan fingerprint density at radius 3 is 2.59 bits per heavy atom. The van der Waals surface area contributed by atoms with Gasteiger partial charge in [0.15, 0.2) is 0 Å². The SMILES string of the molecule is CCCS(=O)(=O)NCC1NCCCC1(C)C.Cl. The Hall–Kier alpha value is 0.160. The Morgan fingerprint density at radius 1 is 1.41 bits per heavy atom. The van der Waals surface area contributed by atoms with E-state index >= 15 is 0 Å². The second kappa shape index (κ2) is 6.92. The van der Waals surface area contributed by atoms with E-state index in [1.165, 1.54) is 6.42 Å². The molecule has 0 aromatic rings. The molecule has 0 radical (unpaired) electrons. The number of hydrogen-bond donors (Lipinski definition) is 2. The molecule has 1 unspecified atom stereocenters. The minimum atomic E-state index is -3.07. The van der Waals surface area contributed by atoms with Crippen LogP contribution in [0.3, 0.4) is 0 Å². The Bertz CT molecular complexity index is 317. The summed E-state index contributed by atoms with van der Waals surface area (Å²) in [6.07, 6.45) is 2.99. The summed E-state index contributed by atoms with van der Waals surface area (Å²) in [5.41, 5.74) is 0.174. The van der Waals surface area contributed by atoms with Crippen molar-refractivity contribution < 1.29 is 8.42 Å². The summed E-state index contributed by atoms with van der Waals surface area (Å²) in [6.45, 7) is 7.76. The first-order valence-corrected chi connectivity index (χ1v) is 7.73. The summed E-state index contributed by atoms with van der Waals surface area (Å²) in [5, 5.41) is 3.40. The predicted octanol–water partition coefficient (Wildman–Crippen LogP) is 1.52. The molecule has 0 aromatic heterocycles. The number of sulfonamides is 1. The van der Waals surface area contributed by atoms with Crippen molar-refractivity contribution in [3.63, 3.8) is 0 Å². The number of hydrogen-bond acceptors (Lipinski definition) is 3. The quantitative estimate of drug-likeness (QED) is 0.805. The van der Waals surface area contributed by atoms with Crippen LogP contribution in [0.25, 0.3) is 0 Å². The van der Waals surface area contributed by atoms with Crippen LogP contribution in [0.1, 0.15) is 40.0 Å². The zero-order chi connectivity index (χ0) is 12.2. The fourth-order valence-corrected chi connectivity index (χ4v) is 3.27. The average Bonchev–Trinajstić information content (AvgIpc) is 2.15. The highest BCUT2D eigenvalue weighted by molar-refractivity contribution is 7.89. The maximum Gasteiger partial charge on any atom is 0.211 e. The van der Waals surface area contributed by atoms with Gasteiger partial charge in [-0.1, -0.05) is 20.8 Å². The Balaban J connectivity index is 0.00000256. The third-order valence-electron chi connectivity index (χ3n) is 3.31. The van der Waals surface area contributed by atoms with Gasteiger partial charge in [-0.15, -0.1) is 12.4 Å². The summed E-state index contributed by atoms with van der Waals surface area (Å²) >= 11 is 0. The molecule has 1 saturated heterocycles. The number of piperidine rings is 1. The fourth-order valence-electron chi connectivity index (χ4n) is 2.17. The van der Waals surface area contributed by atoms with Crippen molar-refractivity contribution in [1.82, 2.24) is 10.0 Å². The summed E-state index contributed by atoms with van der Waals surface area (Å²) in [4.78, 5) is 0. The monoisotopic (exact) mass is 284 g/mol. The van der Waals surface area contributed by atoms with Crippen molar-refractivity contribution in [2.75, 3.05) is 18.8 Å². The highest BCUT2D eigenvalue weighted by Gasteiger charge is 2.32. The topological polar surface area (TPSA) is 58.2 Å². The van der Waals surface area contributed by atoms with Crippen LogP contribution in [0.5, 0.6) is 0 Å². The van der Waals surface area contributed by atoms with E-state index in [1.54, 1.807) is 0 Å². The lowest BCUT2D eigenvalue weighted by Gasteiger charge is -2.39. The Labute approximate surface area is 111 Å². The molecule has 0 amide bonds. The van der Waals surface area contributed by atoms with E-state index in [0.29, 0.717) is 13.0 Å². The smallest absolute Gasteiger partial charge is 0.211 e. The fraction of sp³-hybridized carbons (Fsp3) is 1.00. The van der Waals surface area contributed by atoms with E-state index in [4.69, 9.17) is 0 Å². The van der Waals surface area contributed by atoms with Gasteiger partial charge < -0.3 is 5.32 Å². The molecule has 0 spiro atoms. The normalized spacial score (nSPS) is 24.1. The van der Waals surface area contributed by atoms with Crippen molar-refractivity contribution >= 4 is 22.4 Å². The number of rotatable bonds is 5. The van der Waals surface area contributed by atoms with Crippen molar-refractivity contribution in [2.45, 2.75) is 46.1 Å². The summed E-state index contributed by atoms with van der Waals surface area (Å²) in [7, 11) is -3.07. The molecule has 17 heavy (non-hydrogen) atoms. The van der Waals surface area contributed by atoms with E-state index in [9.17, 15) is 8.42 Å². The van der Waals surface area contributed by atoms with Crippen molar-refractivity contribution in [1.29, 1.82) is 0 Å². The van der Waals surface area contributed by atoms with Crippen molar-refractivity contribution in [3.05, 3.63) is 0 Å². The van der Waals surface area contributed by atoms with Crippen molar-refractivity contribution in [2.24, 2.45) is 5.41 Å². The van der Waals surface area contributed by atoms with Crippen LogP contribution in [0.15, 0.2) is 0 Å². The van der Waals surface area contributed by atoms with Crippen LogP contribution in [0, 0.1) is 5.41 Å². The third kappa shape index (κ3) is 5.55. The van der Waals surface area contributed by atoms with Crippen LogP contribution in [-0.2, 0) is 10.0 Å². The molecule has 0 bridgehead atoms. The largest absolute Gasteiger partial charge is 0.312 e. The van der Waals surface area contributed by atoms with Gasteiger partial charge in [0.05, 0.1) is 5.75 Å². The van der Waals surface area contributed by atoms with Gasteiger partial charge in [0.25, 0.3) is 0 Å². The zero-order valence-electron chi connectivity index (χ0n) is 11.0. The van der Waals surface area contributed by atoms with Gasteiger partial charge in [-0.2, -0.15) is 0 Å². The molecule has 0 aliphatic carbocycles. The Morgan fingerprint density at radius 2 is 2.06 bits per heavy atom. The van der Waals surface area contributed by atoms with Gasteiger partial charge in [0.2, 0.25) is 10.0 Å². The minimum absolute atomic E-state index is 0. The molecule has 1 heterocycles. The molecule has 0 saturated carbocycles. The third-order valence-corrected chi connectivity index (χ3v) is 4.86. The molecule has 1 aliphatic rings. The van der Waals surface area contributed by atoms with E-state index in [-0.39, 0.29) is 29.6 Å². The number of halogens is 1. The summed E-state index contributed by atoms with van der Waals surface area (Å²) in [6, 6.07) is 0.243. The molecule has 1 fully saturated rings. The van der Waals surface area contributed by atoms with E-state index in [1.807, 2.05) is 6.92 Å². The summed E-state index contributed by atoms with van der Waals surface area (Å²) in [5.74, 6) is 0.222. The van der Waals surface area contributed by atoms with Gasteiger partial charge in [0.1, 0.15) is 0 Å². The van der Waals surface area contributed by atoms with Gasteiger partial charge >= 0.3 is 0 Å². The highest BCUT2D eigenvalue weighted by Crippen LogP contribution is 2.29. The summed E-state index contributed by atoms with van der Waals surface area (Å²) < 4.78 is 25.8. The molecule has 1 atom stereocenters. The van der Waals surface area contributed by atoms with E-state index < -0.39 is 10.0 Å². The second-order valence-corrected chi connectivity index (χ2v) is 7.19. The highest BCUT2D eigenvalue weighted by atomic mass is 35.5. The first-order chi connectivity index (χ1) is 7.37. The molecule has 1 rings (SSSR count). The molecule has 0 aromatic carbocycles. The van der Waals surface area contributed by atoms with Gasteiger partial charge in [-0.05, 0) is 31.2 Å². The van der Waals surface area contributed by atoms with Crippen LogP contribution < -0.4 is 10.0 Å². The minimum Gasteiger partial charge on any atom is -0.312 e. The average molecular weight is 285 g/mol. The van der Waals surface area contributed by atoms with Crippen LogP contribution >= 0.6 is 12.4 Å². The molecule has 6 heteroatoms. The van der Waals surface area contributed by atoms with Gasteiger partial charge in [-0.25, -0.2) is 13.1 Å². The van der Waals surface area contributed by atoms with Crippen LogP contribution in [-0.4, -0.2) is 33.3 Å². The standard InChI is InChI=1S/C11H24N2O2S.ClH/c1-4-8-16(14,15)13-9-10-11(2,3)6-5-7-12-10;/h10,12-13H,4-9H2,1-3H3;1H. The second-order valence-electron chi connectivity index (χ2n) is 5.27. The zero-order valence-corrected chi connectivity index (χ0v) is 12.6. The first-order valence-electron chi connectivity index (χ1n) is 6.08. The molecule has 104 valence electrons. The molecule has 4 nitrogen and oxygen atoms in total. The maximum absolute atomic E-state index is 11.5. The Kier molecular flexibility index (Phi) is 6.99. The number of nitrogens with one attached hydrogen (secondary N) is 2. The molecular weight excluding hydrogens is 260 g/mol. The van der Waals surface area contributed by atoms with Crippen LogP contribution in [0.4, 0.5) is 0 Å². The van der Waals surface area contributed by atoms with E-state index in [2.05, 4.69) is 23.9 Å². The predicted molar refractivity (Wildman–Crippen MR) is 74.1 cm³/mol. The lowest BCUT2D eigenvalue weighted by molar-refractivity contribution is 0.181. The maximum atomic E-state index is 11.5. The lowest BCUT2D eigenvalue weighted by Crippen LogP contribution is -2.52. The molecular formula is C11H25ClN2O2S. The van der Waals surface area contributed by atoms with Gasteiger partial charge in [-0.3, -0.25) is 0 Å². The molecule has 1 aliphatic heterocycles. The molecule has 2 N–H and O–H groups in total. The van der Waals surface area contributed by atoms with Gasteiger partial charge in [0, 0.05) is 12.6 Å². The lowest BCUT2D eigenvalue weighted by atomic mass is 9.78. The van der Waals surface area contributed by atoms with Crippen LogP contribution in [0.2, 0.25) is 0 Å².